The molecule has 0 aliphatic carbocycles. The number of thiophene rings is 1. The molecule has 1 aromatic carbocycles. The Bertz CT molecular complexity index is 978. The molecule has 0 saturated heterocycles. The number of sulfone groups is 1. The van der Waals surface area contributed by atoms with Gasteiger partial charge in [0.15, 0.2) is 9.84 Å². The molecular formula is C16H15N3O4S2. The Kier molecular flexibility index (Phi) is 4.95. The largest absolute Gasteiger partial charge is 0.421 e. The van der Waals surface area contributed by atoms with Crippen LogP contribution in [0, 0.1) is 0 Å². The van der Waals surface area contributed by atoms with Crippen molar-refractivity contribution in [1.82, 2.24) is 10.2 Å². The van der Waals surface area contributed by atoms with Gasteiger partial charge < -0.3 is 9.73 Å². The summed E-state index contributed by atoms with van der Waals surface area (Å²) >= 11 is 1.53. The summed E-state index contributed by atoms with van der Waals surface area (Å²) < 4.78 is 28.6. The van der Waals surface area contributed by atoms with Gasteiger partial charge in [-0.1, -0.05) is 6.07 Å². The van der Waals surface area contributed by atoms with Crippen LogP contribution in [0.5, 0.6) is 0 Å². The lowest BCUT2D eigenvalue weighted by molar-refractivity contribution is -0.116. The van der Waals surface area contributed by atoms with E-state index in [0.717, 1.165) is 11.8 Å². The van der Waals surface area contributed by atoms with E-state index in [9.17, 15) is 13.2 Å². The van der Waals surface area contributed by atoms with Crippen molar-refractivity contribution in [2.75, 3.05) is 11.6 Å². The van der Waals surface area contributed by atoms with Gasteiger partial charge >= 0.3 is 0 Å². The number of aryl methyl sites for hydroxylation is 1. The predicted molar refractivity (Wildman–Crippen MR) is 94.1 cm³/mol. The zero-order chi connectivity index (χ0) is 17.9. The average molecular weight is 377 g/mol. The lowest BCUT2D eigenvalue weighted by Gasteiger charge is -2.06. The molecule has 1 amide bonds. The van der Waals surface area contributed by atoms with Crippen LogP contribution in [0.2, 0.25) is 0 Å². The Balaban J connectivity index is 1.58. The van der Waals surface area contributed by atoms with Gasteiger partial charge in [-0.05, 0) is 29.6 Å². The number of nitrogens with one attached hydrogen (secondary N) is 1. The number of benzene rings is 1. The van der Waals surface area contributed by atoms with E-state index in [1.165, 1.54) is 23.5 Å². The highest BCUT2D eigenvalue weighted by atomic mass is 32.2. The van der Waals surface area contributed by atoms with Gasteiger partial charge in [0.25, 0.3) is 0 Å². The van der Waals surface area contributed by atoms with Gasteiger partial charge in [-0.15, -0.1) is 10.2 Å². The van der Waals surface area contributed by atoms with Crippen molar-refractivity contribution in [2.45, 2.75) is 17.7 Å². The first-order chi connectivity index (χ1) is 11.9. The zero-order valence-corrected chi connectivity index (χ0v) is 14.9. The Morgan fingerprint density at radius 2 is 2.12 bits per heavy atom. The smallest absolute Gasteiger partial charge is 0.248 e. The van der Waals surface area contributed by atoms with Gasteiger partial charge in [-0.25, -0.2) is 8.42 Å². The number of amides is 1. The van der Waals surface area contributed by atoms with Crippen molar-refractivity contribution in [1.29, 1.82) is 0 Å². The summed E-state index contributed by atoms with van der Waals surface area (Å²) in [6.07, 6.45) is 1.57. The third-order valence-electron chi connectivity index (χ3n) is 3.35. The topological polar surface area (TPSA) is 102 Å². The molecule has 0 fully saturated rings. The Morgan fingerprint density at radius 1 is 1.28 bits per heavy atom. The minimum Gasteiger partial charge on any atom is -0.421 e. The predicted octanol–water partition coefficient (Wildman–Crippen LogP) is 2.77. The van der Waals surface area contributed by atoms with E-state index in [4.69, 9.17) is 4.42 Å². The maximum Gasteiger partial charge on any atom is 0.248 e. The number of rotatable bonds is 6. The quantitative estimate of drug-likeness (QED) is 0.709. The Morgan fingerprint density at radius 3 is 2.84 bits per heavy atom. The van der Waals surface area contributed by atoms with E-state index in [1.807, 2.05) is 16.8 Å². The molecule has 0 bridgehead atoms. The normalized spacial score (nSPS) is 11.4. The minimum absolute atomic E-state index is 0.147. The van der Waals surface area contributed by atoms with Crippen molar-refractivity contribution >= 4 is 32.8 Å². The molecule has 2 aromatic heterocycles. The third kappa shape index (κ3) is 4.52. The second-order valence-electron chi connectivity index (χ2n) is 5.36. The number of anilines is 1. The number of hydrogen-bond donors (Lipinski definition) is 1. The maximum absolute atomic E-state index is 12.0. The average Bonchev–Trinajstić information content (AvgIpc) is 3.24. The van der Waals surface area contributed by atoms with Crippen molar-refractivity contribution < 1.29 is 17.6 Å². The van der Waals surface area contributed by atoms with Crippen LogP contribution >= 0.6 is 11.3 Å². The number of aromatic nitrogens is 2. The second kappa shape index (κ2) is 7.16. The van der Waals surface area contributed by atoms with Gasteiger partial charge in [-0.2, -0.15) is 11.3 Å². The first-order valence-corrected chi connectivity index (χ1v) is 10.2. The molecule has 25 heavy (non-hydrogen) atoms. The van der Waals surface area contributed by atoms with Crippen LogP contribution in [0.4, 0.5) is 5.69 Å². The molecule has 7 nitrogen and oxygen atoms in total. The van der Waals surface area contributed by atoms with Gasteiger partial charge in [0.1, 0.15) is 0 Å². The van der Waals surface area contributed by atoms with Crippen molar-refractivity contribution in [3.63, 3.8) is 0 Å². The van der Waals surface area contributed by atoms with E-state index in [1.54, 1.807) is 12.1 Å². The standard InChI is InChI=1S/C16H15N3O4S2/c1-25(21,22)13-4-2-3-12(9-13)17-14(20)5-6-15-18-19-16(23-15)11-7-8-24-10-11/h2-4,7-10H,5-6H2,1H3,(H,17,20). The van der Waals surface area contributed by atoms with E-state index >= 15 is 0 Å². The highest BCUT2D eigenvalue weighted by molar-refractivity contribution is 7.90. The van der Waals surface area contributed by atoms with Crippen LogP contribution in [0.15, 0.2) is 50.4 Å². The molecule has 130 valence electrons. The molecule has 0 atom stereocenters. The van der Waals surface area contributed by atoms with Crippen molar-refractivity contribution in [2.24, 2.45) is 0 Å². The highest BCUT2D eigenvalue weighted by Crippen LogP contribution is 2.21. The number of hydrogen-bond acceptors (Lipinski definition) is 7. The first kappa shape index (κ1) is 17.3. The zero-order valence-electron chi connectivity index (χ0n) is 13.3. The SMILES string of the molecule is CS(=O)(=O)c1cccc(NC(=O)CCc2nnc(-c3ccsc3)o2)c1. The maximum atomic E-state index is 12.0. The number of nitrogens with zero attached hydrogens (tertiary/aromatic N) is 2. The van der Waals surface area contributed by atoms with Crippen LogP contribution < -0.4 is 5.32 Å². The highest BCUT2D eigenvalue weighted by Gasteiger charge is 2.12. The molecule has 3 aromatic rings. The Labute approximate surface area is 148 Å². The molecule has 2 heterocycles. The molecule has 0 saturated carbocycles. The summed E-state index contributed by atoms with van der Waals surface area (Å²) in [7, 11) is -3.32. The summed E-state index contributed by atoms with van der Waals surface area (Å²) in [6, 6.07) is 8.00. The van der Waals surface area contributed by atoms with Crippen LogP contribution in [0.25, 0.3) is 11.5 Å². The summed E-state index contributed by atoms with van der Waals surface area (Å²) in [5.74, 6) is 0.541. The fourth-order valence-electron chi connectivity index (χ4n) is 2.11. The fourth-order valence-corrected chi connectivity index (χ4v) is 3.40. The number of carbonyl (C=O) groups is 1. The van der Waals surface area contributed by atoms with E-state index in [-0.39, 0.29) is 17.2 Å². The monoisotopic (exact) mass is 377 g/mol. The summed E-state index contributed by atoms with van der Waals surface area (Å²) in [6.45, 7) is 0. The molecule has 0 spiro atoms. The lowest BCUT2D eigenvalue weighted by atomic mass is 10.2. The molecule has 0 radical (unpaired) electrons. The van der Waals surface area contributed by atoms with Gasteiger partial charge in [0.05, 0.1) is 4.90 Å². The molecular weight excluding hydrogens is 362 g/mol. The lowest BCUT2D eigenvalue weighted by Crippen LogP contribution is -2.12. The minimum atomic E-state index is -3.32. The Hall–Kier alpha value is -2.52. The van der Waals surface area contributed by atoms with E-state index in [0.29, 0.717) is 23.9 Å². The summed E-state index contributed by atoms with van der Waals surface area (Å²) in [5.41, 5.74) is 1.28. The molecule has 3 rings (SSSR count). The van der Waals surface area contributed by atoms with Crippen molar-refractivity contribution in [3.05, 3.63) is 47.0 Å². The van der Waals surface area contributed by atoms with Gasteiger partial charge in [0, 0.05) is 35.7 Å². The fraction of sp³-hybridized carbons (Fsp3) is 0.188. The van der Waals surface area contributed by atoms with E-state index in [2.05, 4.69) is 15.5 Å². The molecule has 0 aliphatic rings. The second-order valence-corrected chi connectivity index (χ2v) is 8.16. The van der Waals surface area contributed by atoms with Crippen LogP contribution in [0.1, 0.15) is 12.3 Å². The summed E-state index contributed by atoms with van der Waals surface area (Å²) in [5, 5.41) is 14.4. The van der Waals surface area contributed by atoms with Gasteiger partial charge in [-0.3, -0.25) is 4.79 Å². The molecule has 9 heteroatoms. The number of carbonyl (C=O) groups excluding carboxylic acids is 1. The molecule has 0 unspecified atom stereocenters. The molecule has 0 aliphatic heterocycles. The first-order valence-electron chi connectivity index (χ1n) is 7.37. The summed E-state index contributed by atoms with van der Waals surface area (Å²) in [4.78, 5) is 12.2. The van der Waals surface area contributed by atoms with E-state index < -0.39 is 9.84 Å². The van der Waals surface area contributed by atoms with Crippen molar-refractivity contribution in [3.8, 4) is 11.5 Å². The molecule has 1 N–H and O–H groups in total. The van der Waals surface area contributed by atoms with Crippen LogP contribution in [0.3, 0.4) is 0 Å². The van der Waals surface area contributed by atoms with Crippen LogP contribution in [-0.2, 0) is 21.1 Å². The van der Waals surface area contributed by atoms with Gasteiger partial charge in [0.2, 0.25) is 17.7 Å². The third-order valence-corrected chi connectivity index (χ3v) is 5.14. The van der Waals surface area contributed by atoms with Crippen LogP contribution in [-0.4, -0.2) is 30.8 Å².